The number of carbonyl (C=O) groups is 1. The lowest BCUT2D eigenvalue weighted by Crippen LogP contribution is -2.27. The van der Waals surface area contributed by atoms with Crippen LogP contribution in [-0.2, 0) is 11.4 Å². The molecule has 0 unspecified atom stereocenters. The van der Waals surface area contributed by atoms with Crippen LogP contribution in [0.4, 0.5) is 15.8 Å². The second kappa shape index (κ2) is 11.5. The minimum Gasteiger partial charge on any atom is -0.490 e. The maximum atomic E-state index is 13.2. The molecule has 0 aliphatic carbocycles. The molecule has 36 heavy (non-hydrogen) atoms. The van der Waals surface area contributed by atoms with E-state index >= 15 is 0 Å². The predicted octanol–water partition coefficient (Wildman–Crippen LogP) is 7.04. The molecule has 1 amide bonds. The average Bonchev–Trinajstić information content (AvgIpc) is 3.12. The van der Waals surface area contributed by atoms with Crippen LogP contribution in [0.5, 0.6) is 11.5 Å². The number of thiocarbonyl (C=S) groups is 1. The Labute approximate surface area is 228 Å². The molecule has 0 aromatic heterocycles. The summed E-state index contributed by atoms with van der Waals surface area (Å²) in [5.41, 5.74) is 3.36. The maximum absolute atomic E-state index is 13.2. The molecule has 0 radical (unpaired) electrons. The highest BCUT2D eigenvalue weighted by atomic mass is 79.9. The van der Waals surface area contributed by atoms with Gasteiger partial charge >= 0.3 is 0 Å². The van der Waals surface area contributed by atoms with Crippen LogP contribution in [-0.4, -0.2) is 30.9 Å². The van der Waals surface area contributed by atoms with Gasteiger partial charge in [0.1, 0.15) is 12.4 Å². The molecule has 1 heterocycles. The van der Waals surface area contributed by atoms with Crippen molar-refractivity contribution in [1.82, 2.24) is 0 Å². The number of nitrogens with zero attached hydrogens (tertiary/aromatic N) is 2. The number of halogens is 2. The first kappa shape index (κ1) is 26.2. The van der Waals surface area contributed by atoms with Crippen molar-refractivity contribution in [2.45, 2.75) is 13.5 Å². The summed E-state index contributed by atoms with van der Waals surface area (Å²) >= 11 is 10.4. The van der Waals surface area contributed by atoms with Gasteiger partial charge in [-0.2, -0.15) is 0 Å². The summed E-state index contributed by atoms with van der Waals surface area (Å²) in [7, 11) is 3.93. The Morgan fingerprint density at radius 2 is 1.78 bits per heavy atom. The zero-order valence-electron chi connectivity index (χ0n) is 20.0. The molecule has 9 heteroatoms. The lowest BCUT2D eigenvalue weighted by atomic mass is 10.1. The van der Waals surface area contributed by atoms with Crippen LogP contribution in [0.1, 0.15) is 18.1 Å². The molecule has 1 saturated heterocycles. The topological polar surface area (TPSA) is 42.0 Å². The van der Waals surface area contributed by atoms with E-state index in [0.29, 0.717) is 31.8 Å². The van der Waals surface area contributed by atoms with Crippen LogP contribution in [0.2, 0.25) is 0 Å². The number of amides is 1. The Hall–Kier alpha value is -2.88. The molecule has 4 rings (SSSR count). The number of hydrogen-bond acceptors (Lipinski definition) is 6. The van der Waals surface area contributed by atoms with E-state index in [9.17, 15) is 9.18 Å². The second-order valence-electron chi connectivity index (χ2n) is 8.11. The van der Waals surface area contributed by atoms with E-state index in [0.717, 1.165) is 22.5 Å². The summed E-state index contributed by atoms with van der Waals surface area (Å²) in [6.45, 7) is 2.58. The highest BCUT2D eigenvalue weighted by Gasteiger charge is 2.33. The van der Waals surface area contributed by atoms with Crippen LogP contribution in [0.15, 0.2) is 70.0 Å². The van der Waals surface area contributed by atoms with Gasteiger partial charge in [0, 0.05) is 19.8 Å². The third-order valence-electron chi connectivity index (χ3n) is 5.34. The lowest BCUT2D eigenvalue weighted by Gasteiger charge is -2.17. The van der Waals surface area contributed by atoms with Gasteiger partial charge in [0.15, 0.2) is 15.8 Å². The molecule has 1 fully saturated rings. The Bertz CT molecular complexity index is 1310. The van der Waals surface area contributed by atoms with Gasteiger partial charge in [0.25, 0.3) is 5.91 Å². The summed E-state index contributed by atoms with van der Waals surface area (Å²) in [6, 6.07) is 17.5. The highest BCUT2D eigenvalue weighted by Crippen LogP contribution is 2.40. The van der Waals surface area contributed by atoms with Gasteiger partial charge in [-0.1, -0.05) is 36.1 Å². The molecule has 186 valence electrons. The molecule has 0 saturated carbocycles. The molecule has 3 aromatic rings. The SMILES string of the molecule is CCOc1cc(/C=C2\SC(=S)N(c3ccc(N(C)C)cc3)C2=O)cc(Br)c1OCc1ccc(F)cc1. The van der Waals surface area contributed by atoms with Crippen molar-refractivity contribution < 1.29 is 18.7 Å². The van der Waals surface area contributed by atoms with Crippen molar-refractivity contribution in [3.63, 3.8) is 0 Å². The van der Waals surface area contributed by atoms with Gasteiger partial charge in [-0.25, -0.2) is 4.39 Å². The second-order valence-corrected chi connectivity index (χ2v) is 10.6. The molecule has 0 spiro atoms. The molecular formula is C27H24BrFN2O3S2. The van der Waals surface area contributed by atoms with E-state index in [1.807, 2.05) is 62.3 Å². The number of thioether (sulfide) groups is 1. The fourth-order valence-corrected chi connectivity index (χ4v) is 5.43. The molecule has 5 nitrogen and oxygen atoms in total. The summed E-state index contributed by atoms with van der Waals surface area (Å²) in [5.74, 6) is 0.602. The zero-order chi connectivity index (χ0) is 25.8. The number of anilines is 2. The van der Waals surface area contributed by atoms with Crippen LogP contribution in [0.25, 0.3) is 6.08 Å². The third-order valence-corrected chi connectivity index (χ3v) is 7.24. The van der Waals surface area contributed by atoms with Crippen molar-refractivity contribution in [1.29, 1.82) is 0 Å². The summed E-state index contributed by atoms with van der Waals surface area (Å²) < 4.78 is 26.2. The smallest absolute Gasteiger partial charge is 0.270 e. The number of carbonyl (C=O) groups excluding carboxylic acids is 1. The molecule has 3 aromatic carbocycles. The van der Waals surface area contributed by atoms with E-state index in [1.54, 1.807) is 23.1 Å². The monoisotopic (exact) mass is 586 g/mol. The van der Waals surface area contributed by atoms with Gasteiger partial charge in [0.05, 0.1) is 21.7 Å². The molecule has 1 aliphatic rings. The van der Waals surface area contributed by atoms with E-state index in [-0.39, 0.29) is 18.3 Å². The van der Waals surface area contributed by atoms with Crippen LogP contribution < -0.4 is 19.3 Å². The van der Waals surface area contributed by atoms with Crippen molar-refractivity contribution in [3.8, 4) is 11.5 Å². The number of ether oxygens (including phenoxy) is 2. The maximum Gasteiger partial charge on any atom is 0.270 e. The van der Waals surface area contributed by atoms with E-state index in [2.05, 4.69) is 15.9 Å². The van der Waals surface area contributed by atoms with Crippen LogP contribution in [0, 0.1) is 5.82 Å². The van der Waals surface area contributed by atoms with Crippen molar-refractivity contribution >= 4 is 67.6 Å². The first-order valence-electron chi connectivity index (χ1n) is 11.2. The molecular weight excluding hydrogens is 563 g/mol. The lowest BCUT2D eigenvalue weighted by molar-refractivity contribution is -0.113. The minimum absolute atomic E-state index is 0.173. The van der Waals surface area contributed by atoms with Crippen LogP contribution >= 0.6 is 39.9 Å². The first-order valence-corrected chi connectivity index (χ1v) is 13.2. The number of benzene rings is 3. The normalized spacial score (nSPS) is 14.5. The minimum atomic E-state index is -0.296. The predicted molar refractivity (Wildman–Crippen MR) is 152 cm³/mol. The van der Waals surface area contributed by atoms with Crippen molar-refractivity contribution in [2.24, 2.45) is 0 Å². The largest absolute Gasteiger partial charge is 0.490 e. The Morgan fingerprint density at radius 3 is 2.42 bits per heavy atom. The highest BCUT2D eigenvalue weighted by molar-refractivity contribution is 9.10. The van der Waals surface area contributed by atoms with Crippen molar-refractivity contribution in [2.75, 3.05) is 30.5 Å². The zero-order valence-corrected chi connectivity index (χ0v) is 23.2. The number of rotatable bonds is 8. The van der Waals surface area contributed by atoms with Crippen LogP contribution in [0.3, 0.4) is 0 Å². The molecule has 0 atom stereocenters. The average molecular weight is 588 g/mol. The fraction of sp³-hybridized carbons (Fsp3) is 0.185. The quantitative estimate of drug-likeness (QED) is 0.208. The standard InChI is InChI=1S/C27H24BrFN2O3S2/c1-4-33-23-14-18(13-22(28)25(23)34-16-17-5-7-19(29)8-6-17)15-24-26(32)31(27(35)36-24)21-11-9-20(10-12-21)30(2)3/h5-15H,4,16H2,1-3H3/b24-15-. The van der Waals surface area contributed by atoms with Gasteiger partial charge in [0.2, 0.25) is 0 Å². The van der Waals surface area contributed by atoms with Gasteiger partial charge < -0.3 is 14.4 Å². The van der Waals surface area contributed by atoms with Crippen molar-refractivity contribution in [3.05, 3.63) is 87.0 Å². The third kappa shape index (κ3) is 5.91. The summed E-state index contributed by atoms with van der Waals surface area (Å²) in [4.78, 5) is 17.3. The first-order chi connectivity index (χ1) is 17.3. The summed E-state index contributed by atoms with van der Waals surface area (Å²) in [5, 5.41) is 0. The van der Waals surface area contributed by atoms with E-state index < -0.39 is 0 Å². The Balaban J connectivity index is 1.57. The Kier molecular flexibility index (Phi) is 8.33. The molecule has 1 aliphatic heterocycles. The fourth-order valence-electron chi connectivity index (χ4n) is 3.55. The van der Waals surface area contributed by atoms with Gasteiger partial charge in [-0.15, -0.1) is 0 Å². The van der Waals surface area contributed by atoms with Gasteiger partial charge in [-0.3, -0.25) is 9.69 Å². The van der Waals surface area contributed by atoms with E-state index in [1.165, 1.54) is 23.9 Å². The Morgan fingerprint density at radius 1 is 1.08 bits per heavy atom. The van der Waals surface area contributed by atoms with E-state index in [4.69, 9.17) is 21.7 Å². The molecule has 0 bridgehead atoms. The summed E-state index contributed by atoms with van der Waals surface area (Å²) in [6.07, 6.45) is 1.80. The molecule has 0 N–H and O–H groups in total. The number of hydrogen-bond donors (Lipinski definition) is 0. The van der Waals surface area contributed by atoms with Gasteiger partial charge in [-0.05, 0) is 88.6 Å².